The van der Waals surface area contributed by atoms with Crippen LogP contribution in [0.5, 0.6) is 0 Å². The summed E-state index contributed by atoms with van der Waals surface area (Å²) in [5.74, 6) is 0.435. The maximum Gasteiger partial charge on any atom is 0.251 e. The fraction of sp³-hybridized carbons (Fsp3) is 0.611. The van der Waals surface area contributed by atoms with E-state index < -0.39 is 10.0 Å². The Morgan fingerprint density at radius 2 is 1.92 bits per heavy atom. The molecule has 1 aromatic carbocycles. The highest BCUT2D eigenvalue weighted by atomic mass is 32.2. The zero-order valence-electron chi connectivity index (χ0n) is 14.7. The Balaban J connectivity index is 1.95. The van der Waals surface area contributed by atoms with Gasteiger partial charge in [-0.2, -0.15) is 0 Å². The van der Waals surface area contributed by atoms with Crippen LogP contribution in [0.2, 0.25) is 0 Å². The van der Waals surface area contributed by atoms with E-state index in [2.05, 4.69) is 23.9 Å². The van der Waals surface area contributed by atoms with Crippen molar-refractivity contribution in [2.24, 2.45) is 5.92 Å². The van der Waals surface area contributed by atoms with Gasteiger partial charge >= 0.3 is 0 Å². The van der Waals surface area contributed by atoms with E-state index in [0.717, 1.165) is 32.1 Å². The van der Waals surface area contributed by atoms with Crippen molar-refractivity contribution < 1.29 is 13.2 Å². The van der Waals surface area contributed by atoms with Gasteiger partial charge in [0.05, 0.1) is 4.90 Å². The molecule has 0 heterocycles. The van der Waals surface area contributed by atoms with Gasteiger partial charge in [-0.3, -0.25) is 4.79 Å². The van der Waals surface area contributed by atoms with Gasteiger partial charge in [0, 0.05) is 17.6 Å². The minimum absolute atomic E-state index is 0.0495. The standard InChI is InChI=1S/C18H28N2O3S/c1-13(2)6-4-7-14(3)19-18(21)15-8-5-9-17(12-15)24(22,23)20-16-10-11-16/h5,8-9,12-14,16,20H,4,6-7,10-11H2,1-3H3,(H,19,21). The molecule has 24 heavy (non-hydrogen) atoms. The Bertz CT molecular complexity index is 667. The monoisotopic (exact) mass is 352 g/mol. The zero-order chi connectivity index (χ0) is 17.7. The normalized spacial score (nSPS) is 16.2. The molecule has 5 nitrogen and oxygen atoms in total. The number of carbonyl (C=O) groups excluding carboxylic acids is 1. The lowest BCUT2D eigenvalue weighted by Gasteiger charge is -2.15. The number of carbonyl (C=O) groups is 1. The molecule has 1 unspecified atom stereocenters. The molecule has 0 bridgehead atoms. The average Bonchev–Trinajstić information content (AvgIpc) is 3.30. The third-order valence-corrected chi connectivity index (χ3v) is 5.62. The SMILES string of the molecule is CC(C)CCCC(C)NC(=O)c1cccc(S(=O)(=O)NC2CC2)c1. The molecular weight excluding hydrogens is 324 g/mol. The second-order valence-corrected chi connectivity index (χ2v) is 8.84. The smallest absolute Gasteiger partial charge is 0.251 e. The zero-order valence-corrected chi connectivity index (χ0v) is 15.5. The lowest BCUT2D eigenvalue weighted by molar-refractivity contribution is 0.0937. The molecule has 0 saturated heterocycles. The van der Waals surface area contributed by atoms with E-state index in [1.165, 1.54) is 12.1 Å². The van der Waals surface area contributed by atoms with E-state index in [4.69, 9.17) is 0 Å². The summed E-state index contributed by atoms with van der Waals surface area (Å²) in [4.78, 5) is 12.5. The largest absolute Gasteiger partial charge is 0.350 e. The number of hydrogen-bond donors (Lipinski definition) is 2. The Kier molecular flexibility index (Phi) is 6.40. The van der Waals surface area contributed by atoms with Crippen molar-refractivity contribution >= 4 is 15.9 Å². The molecule has 0 spiro atoms. The van der Waals surface area contributed by atoms with Crippen molar-refractivity contribution in [2.75, 3.05) is 0 Å². The number of amides is 1. The predicted molar refractivity (Wildman–Crippen MR) is 95.4 cm³/mol. The molecule has 1 aliphatic rings. The van der Waals surface area contributed by atoms with Gasteiger partial charge in [0.25, 0.3) is 5.91 Å². The van der Waals surface area contributed by atoms with Gasteiger partial charge in [-0.15, -0.1) is 0 Å². The summed E-state index contributed by atoms with van der Waals surface area (Å²) in [6.07, 6.45) is 4.89. The Morgan fingerprint density at radius 3 is 2.54 bits per heavy atom. The first kappa shape index (κ1) is 18.9. The highest BCUT2D eigenvalue weighted by Crippen LogP contribution is 2.22. The summed E-state index contributed by atoms with van der Waals surface area (Å²) in [7, 11) is -3.54. The van der Waals surface area contributed by atoms with Crippen molar-refractivity contribution in [3.05, 3.63) is 29.8 Å². The molecule has 1 aliphatic carbocycles. The summed E-state index contributed by atoms with van der Waals surface area (Å²) >= 11 is 0. The van der Waals surface area contributed by atoms with E-state index in [0.29, 0.717) is 11.5 Å². The second-order valence-electron chi connectivity index (χ2n) is 7.12. The predicted octanol–water partition coefficient (Wildman–Crippen LogP) is 3.07. The Morgan fingerprint density at radius 1 is 1.21 bits per heavy atom. The fourth-order valence-corrected chi connectivity index (χ4v) is 3.86. The molecule has 0 aromatic heterocycles. The summed E-state index contributed by atoms with van der Waals surface area (Å²) in [5.41, 5.74) is 0.379. The lowest BCUT2D eigenvalue weighted by atomic mass is 10.0. The van der Waals surface area contributed by atoms with Gasteiger partial charge in [0.2, 0.25) is 10.0 Å². The third-order valence-electron chi connectivity index (χ3n) is 4.10. The van der Waals surface area contributed by atoms with E-state index in [-0.39, 0.29) is 22.9 Å². The van der Waals surface area contributed by atoms with Crippen LogP contribution in [0.3, 0.4) is 0 Å². The summed E-state index contributed by atoms with van der Waals surface area (Å²) in [6, 6.07) is 6.34. The minimum atomic E-state index is -3.54. The Labute approximate surface area is 145 Å². The lowest BCUT2D eigenvalue weighted by Crippen LogP contribution is -2.33. The number of sulfonamides is 1. The molecule has 1 fully saturated rings. The quantitative estimate of drug-likeness (QED) is 0.717. The van der Waals surface area contributed by atoms with E-state index in [1.54, 1.807) is 12.1 Å². The van der Waals surface area contributed by atoms with Crippen molar-refractivity contribution in [1.82, 2.24) is 10.0 Å². The summed E-state index contributed by atoms with van der Waals surface area (Å²) in [6.45, 7) is 6.35. The molecule has 1 amide bonds. The van der Waals surface area contributed by atoms with Crippen LogP contribution in [0, 0.1) is 5.92 Å². The number of hydrogen-bond acceptors (Lipinski definition) is 3. The first-order chi connectivity index (χ1) is 11.3. The second kappa shape index (κ2) is 8.12. The van der Waals surface area contributed by atoms with Gasteiger partial charge in [-0.05, 0) is 50.3 Å². The first-order valence-electron chi connectivity index (χ1n) is 8.71. The number of rotatable bonds is 9. The maximum absolute atomic E-state index is 12.3. The number of nitrogens with one attached hydrogen (secondary N) is 2. The molecule has 2 rings (SSSR count). The van der Waals surface area contributed by atoms with E-state index in [9.17, 15) is 13.2 Å². The summed E-state index contributed by atoms with van der Waals surface area (Å²) < 4.78 is 27.1. The summed E-state index contributed by atoms with van der Waals surface area (Å²) in [5, 5.41) is 2.95. The highest BCUT2D eigenvalue weighted by Gasteiger charge is 2.28. The molecule has 0 radical (unpaired) electrons. The van der Waals surface area contributed by atoms with Crippen molar-refractivity contribution in [2.45, 2.75) is 69.9 Å². The van der Waals surface area contributed by atoms with Gasteiger partial charge in [-0.25, -0.2) is 13.1 Å². The van der Waals surface area contributed by atoms with E-state index >= 15 is 0 Å². The molecule has 134 valence electrons. The van der Waals surface area contributed by atoms with Crippen LogP contribution >= 0.6 is 0 Å². The van der Waals surface area contributed by atoms with Gasteiger partial charge < -0.3 is 5.32 Å². The number of benzene rings is 1. The van der Waals surface area contributed by atoms with Gasteiger partial charge in [0.1, 0.15) is 0 Å². The fourth-order valence-electron chi connectivity index (χ4n) is 2.50. The first-order valence-corrected chi connectivity index (χ1v) is 10.2. The van der Waals surface area contributed by atoms with Gasteiger partial charge in [0.15, 0.2) is 0 Å². The van der Waals surface area contributed by atoms with Crippen LogP contribution < -0.4 is 10.0 Å². The minimum Gasteiger partial charge on any atom is -0.350 e. The van der Waals surface area contributed by atoms with Crippen LogP contribution in [-0.2, 0) is 10.0 Å². The molecule has 0 aliphatic heterocycles. The molecule has 2 N–H and O–H groups in total. The van der Waals surface area contributed by atoms with Crippen molar-refractivity contribution in [1.29, 1.82) is 0 Å². The van der Waals surface area contributed by atoms with Crippen LogP contribution in [0.1, 0.15) is 63.2 Å². The third kappa shape index (κ3) is 5.91. The highest BCUT2D eigenvalue weighted by molar-refractivity contribution is 7.89. The van der Waals surface area contributed by atoms with Gasteiger partial charge in [-0.1, -0.05) is 32.8 Å². The van der Waals surface area contributed by atoms with Crippen molar-refractivity contribution in [3.8, 4) is 0 Å². The van der Waals surface area contributed by atoms with Crippen LogP contribution in [0.25, 0.3) is 0 Å². The van der Waals surface area contributed by atoms with Crippen molar-refractivity contribution in [3.63, 3.8) is 0 Å². The topological polar surface area (TPSA) is 75.3 Å². The molecular formula is C18H28N2O3S. The molecule has 6 heteroatoms. The van der Waals surface area contributed by atoms with E-state index in [1.807, 2.05) is 6.92 Å². The molecule has 1 atom stereocenters. The van der Waals surface area contributed by atoms with Crippen LogP contribution in [0.4, 0.5) is 0 Å². The molecule has 1 aromatic rings. The molecule has 1 saturated carbocycles. The van der Waals surface area contributed by atoms with Crippen LogP contribution in [-0.4, -0.2) is 26.4 Å². The average molecular weight is 353 g/mol. The van der Waals surface area contributed by atoms with Crippen LogP contribution in [0.15, 0.2) is 29.2 Å². The Hall–Kier alpha value is -1.40. The maximum atomic E-state index is 12.3.